The summed E-state index contributed by atoms with van der Waals surface area (Å²) in [6, 6.07) is 8.74. The second-order valence-electron chi connectivity index (χ2n) is 5.61. The van der Waals surface area contributed by atoms with Crippen LogP contribution in [-0.2, 0) is 19.4 Å². The molecule has 1 aromatic carbocycles. The molecule has 1 aliphatic rings. The van der Waals surface area contributed by atoms with E-state index in [0.717, 1.165) is 48.6 Å². The number of benzene rings is 1. The molecule has 3 rings (SSSR count). The molecule has 0 radical (unpaired) electrons. The number of rotatable bonds is 4. The van der Waals surface area contributed by atoms with E-state index in [-0.39, 0.29) is 24.0 Å². The predicted octanol–water partition coefficient (Wildman–Crippen LogP) is 2.38. The van der Waals surface area contributed by atoms with Gasteiger partial charge in [-0.15, -0.1) is 24.0 Å². The molecule has 0 fully saturated rings. The molecule has 6 nitrogen and oxygen atoms in total. The SMILES string of the molecule is CN=C(NCCc1ccc(Br)cc1)NC1CCc2ncnn2C1.I. The molecule has 1 atom stereocenters. The van der Waals surface area contributed by atoms with Gasteiger partial charge in [0.15, 0.2) is 5.96 Å². The molecule has 8 heteroatoms. The highest BCUT2D eigenvalue weighted by Crippen LogP contribution is 2.12. The summed E-state index contributed by atoms with van der Waals surface area (Å²) in [7, 11) is 1.80. The monoisotopic (exact) mass is 504 g/mol. The van der Waals surface area contributed by atoms with Crippen LogP contribution < -0.4 is 10.6 Å². The second kappa shape index (κ2) is 9.36. The van der Waals surface area contributed by atoms with Crippen molar-refractivity contribution in [3.63, 3.8) is 0 Å². The molecule has 1 aliphatic heterocycles. The average Bonchev–Trinajstić information content (AvgIpc) is 3.03. The van der Waals surface area contributed by atoms with E-state index in [1.165, 1.54) is 5.56 Å². The molecule has 0 spiro atoms. The summed E-state index contributed by atoms with van der Waals surface area (Å²) in [5.74, 6) is 1.91. The van der Waals surface area contributed by atoms with E-state index in [1.807, 2.05) is 4.68 Å². The van der Waals surface area contributed by atoms with Crippen LogP contribution in [0.25, 0.3) is 0 Å². The van der Waals surface area contributed by atoms with E-state index in [1.54, 1.807) is 13.4 Å². The van der Waals surface area contributed by atoms with Gasteiger partial charge in [-0.05, 0) is 30.5 Å². The van der Waals surface area contributed by atoms with Gasteiger partial charge < -0.3 is 10.6 Å². The molecule has 130 valence electrons. The number of halogens is 2. The van der Waals surface area contributed by atoms with Crippen LogP contribution in [0.3, 0.4) is 0 Å². The zero-order valence-corrected chi connectivity index (χ0v) is 17.5. The zero-order valence-electron chi connectivity index (χ0n) is 13.6. The highest BCUT2D eigenvalue weighted by molar-refractivity contribution is 14.0. The molecule has 0 bridgehead atoms. The van der Waals surface area contributed by atoms with Gasteiger partial charge in [-0.3, -0.25) is 4.99 Å². The van der Waals surface area contributed by atoms with E-state index in [0.29, 0.717) is 6.04 Å². The van der Waals surface area contributed by atoms with E-state index in [9.17, 15) is 0 Å². The summed E-state index contributed by atoms with van der Waals surface area (Å²) in [5, 5.41) is 11.1. The molecule has 0 aliphatic carbocycles. The fraction of sp³-hybridized carbons (Fsp3) is 0.438. The van der Waals surface area contributed by atoms with Gasteiger partial charge >= 0.3 is 0 Å². The maximum Gasteiger partial charge on any atom is 0.191 e. The number of aromatic nitrogens is 3. The number of nitrogens with one attached hydrogen (secondary N) is 2. The number of aliphatic imine (C=N–C) groups is 1. The Morgan fingerprint density at radius 2 is 2.17 bits per heavy atom. The number of hydrogen-bond donors (Lipinski definition) is 2. The number of hydrogen-bond acceptors (Lipinski definition) is 3. The third-order valence-corrected chi connectivity index (χ3v) is 4.52. The van der Waals surface area contributed by atoms with E-state index >= 15 is 0 Å². The molecular weight excluding hydrogens is 483 g/mol. The van der Waals surface area contributed by atoms with Crippen LogP contribution in [0.5, 0.6) is 0 Å². The Labute approximate surface area is 167 Å². The molecule has 2 N–H and O–H groups in total. The lowest BCUT2D eigenvalue weighted by atomic mass is 10.1. The molecule has 24 heavy (non-hydrogen) atoms. The molecule has 2 aromatic rings. The van der Waals surface area contributed by atoms with Crippen molar-refractivity contribution in [1.29, 1.82) is 0 Å². The average molecular weight is 505 g/mol. The molecule has 0 saturated heterocycles. The number of guanidine groups is 1. The van der Waals surface area contributed by atoms with Crippen LogP contribution >= 0.6 is 39.9 Å². The zero-order chi connectivity index (χ0) is 16.1. The standard InChI is InChI=1S/C16H21BrN6.HI/c1-18-16(19-9-8-12-2-4-13(17)5-3-12)22-14-6-7-15-20-11-21-23(15)10-14;/h2-5,11,14H,6-10H2,1H3,(H2,18,19,22);1H. The highest BCUT2D eigenvalue weighted by atomic mass is 127. The van der Waals surface area contributed by atoms with Crippen LogP contribution in [0, 0.1) is 0 Å². The lowest BCUT2D eigenvalue weighted by molar-refractivity contribution is 0.393. The van der Waals surface area contributed by atoms with Gasteiger partial charge in [0.1, 0.15) is 12.2 Å². The first-order chi connectivity index (χ1) is 11.2. The van der Waals surface area contributed by atoms with Crippen LogP contribution in [0.1, 0.15) is 17.8 Å². The minimum Gasteiger partial charge on any atom is -0.356 e. The van der Waals surface area contributed by atoms with Gasteiger partial charge in [0.2, 0.25) is 0 Å². The van der Waals surface area contributed by atoms with Crippen molar-refractivity contribution in [2.75, 3.05) is 13.6 Å². The highest BCUT2D eigenvalue weighted by Gasteiger charge is 2.20. The summed E-state index contributed by atoms with van der Waals surface area (Å²) in [5.41, 5.74) is 1.31. The number of aryl methyl sites for hydroxylation is 1. The maximum atomic E-state index is 4.31. The number of fused-ring (bicyclic) bond motifs is 1. The second-order valence-corrected chi connectivity index (χ2v) is 6.53. The Balaban J connectivity index is 0.00000208. The normalized spacial score (nSPS) is 16.9. The van der Waals surface area contributed by atoms with Crippen LogP contribution in [0.4, 0.5) is 0 Å². The van der Waals surface area contributed by atoms with Gasteiger partial charge in [-0.25, -0.2) is 9.67 Å². The van der Waals surface area contributed by atoms with Crippen molar-refractivity contribution in [1.82, 2.24) is 25.4 Å². The van der Waals surface area contributed by atoms with E-state index in [2.05, 4.69) is 65.9 Å². The molecule has 2 heterocycles. The summed E-state index contributed by atoms with van der Waals surface area (Å²) in [6.45, 7) is 1.69. The van der Waals surface area contributed by atoms with Gasteiger partial charge in [-0.2, -0.15) is 5.10 Å². The molecule has 0 amide bonds. The molecule has 0 saturated carbocycles. The first kappa shape index (κ1) is 19.2. The Morgan fingerprint density at radius 3 is 2.92 bits per heavy atom. The van der Waals surface area contributed by atoms with Crippen LogP contribution in [0.2, 0.25) is 0 Å². The first-order valence-corrected chi connectivity index (χ1v) is 8.62. The molecule has 1 aromatic heterocycles. The first-order valence-electron chi connectivity index (χ1n) is 7.83. The fourth-order valence-electron chi connectivity index (χ4n) is 2.72. The van der Waals surface area contributed by atoms with Gasteiger partial charge in [0.05, 0.1) is 6.54 Å². The largest absolute Gasteiger partial charge is 0.356 e. The maximum absolute atomic E-state index is 4.31. The van der Waals surface area contributed by atoms with Gasteiger partial charge in [-0.1, -0.05) is 28.1 Å². The summed E-state index contributed by atoms with van der Waals surface area (Å²) in [6.07, 6.45) is 4.59. The summed E-state index contributed by atoms with van der Waals surface area (Å²) >= 11 is 3.46. The van der Waals surface area contributed by atoms with Crippen molar-refractivity contribution in [3.8, 4) is 0 Å². The van der Waals surface area contributed by atoms with Crippen molar-refractivity contribution in [3.05, 3.63) is 46.5 Å². The third kappa shape index (κ3) is 5.17. The Bertz CT molecular complexity index is 669. The smallest absolute Gasteiger partial charge is 0.191 e. The Morgan fingerprint density at radius 1 is 1.38 bits per heavy atom. The van der Waals surface area contributed by atoms with Crippen molar-refractivity contribution >= 4 is 45.9 Å². The fourth-order valence-corrected chi connectivity index (χ4v) is 2.98. The quantitative estimate of drug-likeness (QED) is 0.381. The van der Waals surface area contributed by atoms with Crippen molar-refractivity contribution in [2.45, 2.75) is 31.8 Å². The van der Waals surface area contributed by atoms with Crippen molar-refractivity contribution in [2.24, 2.45) is 4.99 Å². The third-order valence-electron chi connectivity index (χ3n) is 3.99. The summed E-state index contributed by atoms with van der Waals surface area (Å²) < 4.78 is 3.08. The Hall–Kier alpha value is -1.16. The van der Waals surface area contributed by atoms with Gasteiger partial charge in [0.25, 0.3) is 0 Å². The van der Waals surface area contributed by atoms with Crippen LogP contribution in [-0.4, -0.2) is 40.4 Å². The lowest BCUT2D eigenvalue weighted by Crippen LogP contribution is -2.47. The Kier molecular flexibility index (Phi) is 7.47. The number of nitrogens with zero attached hydrogens (tertiary/aromatic N) is 4. The van der Waals surface area contributed by atoms with Crippen LogP contribution in [0.15, 0.2) is 40.1 Å². The minimum atomic E-state index is 0. The van der Waals surface area contributed by atoms with E-state index in [4.69, 9.17) is 0 Å². The molecular formula is C16H22BrIN6. The minimum absolute atomic E-state index is 0. The summed E-state index contributed by atoms with van der Waals surface area (Å²) in [4.78, 5) is 8.57. The lowest BCUT2D eigenvalue weighted by Gasteiger charge is -2.25. The predicted molar refractivity (Wildman–Crippen MR) is 110 cm³/mol. The molecule has 1 unspecified atom stereocenters. The topological polar surface area (TPSA) is 67.1 Å². The van der Waals surface area contributed by atoms with Crippen molar-refractivity contribution < 1.29 is 0 Å². The van der Waals surface area contributed by atoms with E-state index < -0.39 is 0 Å². The van der Waals surface area contributed by atoms with Gasteiger partial charge in [0, 0.05) is 30.5 Å².